The molecule has 0 radical (unpaired) electrons. The van der Waals surface area contributed by atoms with Gasteiger partial charge in [0.05, 0.1) is 17.5 Å². The van der Waals surface area contributed by atoms with Crippen LogP contribution in [0.15, 0.2) is 36.5 Å². The zero-order valence-electron chi connectivity index (χ0n) is 14.4. The minimum atomic E-state index is 0.0607. The Labute approximate surface area is 143 Å². The number of ether oxygens (including phenoxy) is 1. The van der Waals surface area contributed by atoms with Crippen LogP contribution in [0.4, 0.5) is 5.69 Å². The van der Waals surface area contributed by atoms with Crippen molar-refractivity contribution >= 4 is 11.6 Å². The highest BCUT2D eigenvalue weighted by Gasteiger charge is 2.28. The van der Waals surface area contributed by atoms with Crippen molar-refractivity contribution in [1.82, 2.24) is 9.78 Å². The molecule has 1 amide bonds. The second-order valence-corrected chi connectivity index (χ2v) is 6.41. The molecule has 1 aliphatic rings. The van der Waals surface area contributed by atoms with Crippen LogP contribution in [0.1, 0.15) is 38.3 Å². The van der Waals surface area contributed by atoms with Crippen LogP contribution in [0.25, 0.3) is 0 Å². The first-order valence-electron chi connectivity index (χ1n) is 8.70. The van der Waals surface area contributed by atoms with E-state index in [9.17, 15) is 4.79 Å². The monoisotopic (exact) mass is 327 g/mol. The molecule has 2 aromatic rings. The van der Waals surface area contributed by atoms with Gasteiger partial charge in [-0.25, -0.2) is 0 Å². The lowest BCUT2D eigenvalue weighted by Gasteiger charge is -2.28. The predicted molar refractivity (Wildman–Crippen MR) is 94.0 cm³/mol. The van der Waals surface area contributed by atoms with Crippen molar-refractivity contribution in [3.8, 4) is 5.75 Å². The number of para-hydroxylation sites is 1. The molecular formula is C19H25N3O2. The Bertz CT molecular complexity index is 673. The molecule has 1 fully saturated rings. The van der Waals surface area contributed by atoms with Gasteiger partial charge in [-0.05, 0) is 44.2 Å². The first-order valence-corrected chi connectivity index (χ1v) is 8.70. The van der Waals surface area contributed by atoms with Crippen molar-refractivity contribution in [2.45, 2.75) is 45.1 Å². The number of hydrogen-bond donors (Lipinski definition) is 1. The Balaban J connectivity index is 1.51. The van der Waals surface area contributed by atoms with Gasteiger partial charge in [-0.15, -0.1) is 0 Å². The SMILES string of the molecule is CCc1nn(C)cc1NC(=O)C1CCC(Oc2ccccc2)CC1. The summed E-state index contributed by atoms with van der Waals surface area (Å²) in [7, 11) is 1.88. The van der Waals surface area contributed by atoms with Crippen LogP contribution in [0.3, 0.4) is 0 Å². The Morgan fingerprint density at radius 1 is 1.25 bits per heavy atom. The lowest BCUT2D eigenvalue weighted by atomic mass is 9.86. The van der Waals surface area contributed by atoms with Gasteiger partial charge >= 0.3 is 0 Å². The zero-order valence-corrected chi connectivity index (χ0v) is 14.4. The molecule has 0 atom stereocenters. The molecule has 5 nitrogen and oxygen atoms in total. The van der Waals surface area contributed by atoms with E-state index in [1.807, 2.05) is 50.5 Å². The molecule has 0 unspecified atom stereocenters. The molecule has 1 aromatic heterocycles. The molecular weight excluding hydrogens is 302 g/mol. The Hall–Kier alpha value is -2.30. The van der Waals surface area contributed by atoms with Gasteiger partial charge in [-0.2, -0.15) is 5.10 Å². The molecule has 1 heterocycles. The van der Waals surface area contributed by atoms with Crippen LogP contribution >= 0.6 is 0 Å². The molecule has 128 valence electrons. The molecule has 0 saturated heterocycles. The molecule has 0 aliphatic heterocycles. The smallest absolute Gasteiger partial charge is 0.227 e. The van der Waals surface area contributed by atoms with E-state index in [1.165, 1.54) is 0 Å². The number of aromatic nitrogens is 2. The van der Waals surface area contributed by atoms with Crippen LogP contribution in [-0.4, -0.2) is 21.8 Å². The highest BCUT2D eigenvalue weighted by molar-refractivity contribution is 5.93. The third-order valence-electron chi connectivity index (χ3n) is 4.59. The second-order valence-electron chi connectivity index (χ2n) is 6.41. The van der Waals surface area contributed by atoms with E-state index in [0.29, 0.717) is 0 Å². The number of nitrogens with zero attached hydrogens (tertiary/aromatic N) is 2. The fourth-order valence-electron chi connectivity index (χ4n) is 3.27. The standard InChI is InChI=1S/C19H25N3O2/c1-3-17-18(13-22(2)21-17)20-19(23)14-9-11-16(12-10-14)24-15-7-5-4-6-8-15/h4-8,13-14,16H,3,9-12H2,1-2H3,(H,20,23). The van der Waals surface area contributed by atoms with E-state index >= 15 is 0 Å². The van der Waals surface area contributed by atoms with Gasteiger partial charge in [0.15, 0.2) is 0 Å². The van der Waals surface area contributed by atoms with Gasteiger partial charge in [-0.3, -0.25) is 9.48 Å². The Morgan fingerprint density at radius 3 is 2.62 bits per heavy atom. The van der Waals surface area contributed by atoms with Gasteiger partial charge in [0.2, 0.25) is 5.91 Å². The second kappa shape index (κ2) is 7.51. The summed E-state index contributed by atoms with van der Waals surface area (Å²) in [6.07, 6.45) is 6.47. The number of hydrogen-bond acceptors (Lipinski definition) is 3. The number of rotatable bonds is 5. The zero-order chi connectivity index (χ0) is 16.9. The summed E-state index contributed by atoms with van der Waals surface area (Å²) in [5.74, 6) is 1.08. The van der Waals surface area contributed by atoms with Crippen LogP contribution in [0, 0.1) is 5.92 Å². The first kappa shape index (κ1) is 16.6. The lowest BCUT2D eigenvalue weighted by molar-refractivity contribution is -0.121. The molecule has 3 rings (SSSR count). The molecule has 1 aromatic carbocycles. The molecule has 24 heavy (non-hydrogen) atoms. The summed E-state index contributed by atoms with van der Waals surface area (Å²) < 4.78 is 7.75. The van der Waals surface area contributed by atoms with E-state index in [4.69, 9.17) is 4.74 Å². The van der Waals surface area contributed by atoms with Gasteiger partial charge in [0.1, 0.15) is 5.75 Å². The van der Waals surface area contributed by atoms with Crippen molar-refractivity contribution in [2.24, 2.45) is 13.0 Å². The van der Waals surface area contributed by atoms with Crippen LogP contribution in [0.5, 0.6) is 5.75 Å². The number of aryl methyl sites for hydroxylation is 2. The molecule has 1 N–H and O–H groups in total. The number of carbonyl (C=O) groups is 1. The van der Waals surface area contributed by atoms with E-state index in [0.717, 1.165) is 49.2 Å². The molecule has 0 spiro atoms. The largest absolute Gasteiger partial charge is 0.490 e. The summed E-state index contributed by atoms with van der Waals surface area (Å²) in [5.41, 5.74) is 1.78. The van der Waals surface area contributed by atoms with E-state index in [1.54, 1.807) is 4.68 Å². The van der Waals surface area contributed by atoms with E-state index in [-0.39, 0.29) is 17.9 Å². The van der Waals surface area contributed by atoms with Gasteiger partial charge in [0, 0.05) is 19.2 Å². The predicted octanol–water partition coefficient (Wildman–Crippen LogP) is 3.56. The average molecular weight is 327 g/mol. The quantitative estimate of drug-likeness (QED) is 0.913. The first-order chi connectivity index (χ1) is 11.7. The fourth-order valence-corrected chi connectivity index (χ4v) is 3.27. The van der Waals surface area contributed by atoms with Crippen LogP contribution in [-0.2, 0) is 18.3 Å². The fraction of sp³-hybridized carbons (Fsp3) is 0.474. The summed E-state index contributed by atoms with van der Waals surface area (Å²) in [6.45, 7) is 2.05. The Kier molecular flexibility index (Phi) is 5.18. The van der Waals surface area contributed by atoms with Gasteiger partial charge < -0.3 is 10.1 Å². The highest BCUT2D eigenvalue weighted by atomic mass is 16.5. The van der Waals surface area contributed by atoms with Crippen molar-refractivity contribution in [1.29, 1.82) is 0 Å². The van der Waals surface area contributed by atoms with Crippen molar-refractivity contribution in [2.75, 3.05) is 5.32 Å². The Morgan fingerprint density at radius 2 is 1.96 bits per heavy atom. The normalized spacial score (nSPS) is 20.6. The minimum absolute atomic E-state index is 0.0607. The summed E-state index contributed by atoms with van der Waals surface area (Å²) >= 11 is 0. The van der Waals surface area contributed by atoms with E-state index in [2.05, 4.69) is 10.4 Å². The maximum absolute atomic E-state index is 12.5. The van der Waals surface area contributed by atoms with E-state index < -0.39 is 0 Å². The van der Waals surface area contributed by atoms with Crippen molar-refractivity contribution in [3.63, 3.8) is 0 Å². The van der Waals surface area contributed by atoms with Crippen molar-refractivity contribution < 1.29 is 9.53 Å². The summed E-state index contributed by atoms with van der Waals surface area (Å²) in [5, 5.41) is 7.42. The topological polar surface area (TPSA) is 56.2 Å². The minimum Gasteiger partial charge on any atom is -0.490 e. The van der Waals surface area contributed by atoms with Crippen LogP contribution in [0.2, 0.25) is 0 Å². The van der Waals surface area contributed by atoms with Crippen molar-refractivity contribution in [3.05, 3.63) is 42.2 Å². The molecule has 5 heteroatoms. The molecule has 1 saturated carbocycles. The third-order valence-corrected chi connectivity index (χ3v) is 4.59. The summed E-state index contributed by atoms with van der Waals surface area (Å²) in [6, 6.07) is 9.90. The molecule has 1 aliphatic carbocycles. The maximum atomic E-state index is 12.5. The maximum Gasteiger partial charge on any atom is 0.227 e. The number of anilines is 1. The third kappa shape index (κ3) is 3.96. The highest BCUT2D eigenvalue weighted by Crippen LogP contribution is 2.29. The van der Waals surface area contributed by atoms with Crippen LogP contribution < -0.4 is 10.1 Å². The molecule has 0 bridgehead atoms. The van der Waals surface area contributed by atoms with Gasteiger partial charge in [0.25, 0.3) is 0 Å². The number of carbonyl (C=O) groups excluding carboxylic acids is 1. The summed E-state index contributed by atoms with van der Waals surface area (Å²) in [4.78, 5) is 12.5. The average Bonchev–Trinajstić information content (AvgIpc) is 2.96. The number of amides is 1. The number of nitrogens with one attached hydrogen (secondary N) is 1. The van der Waals surface area contributed by atoms with Gasteiger partial charge in [-0.1, -0.05) is 25.1 Å². The lowest BCUT2D eigenvalue weighted by Crippen LogP contribution is -2.31. The number of benzene rings is 1.